The largest absolute Gasteiger partial charge is 0.487 e. The van der Waals surface area contributed by atoms with Crippen LogP contribution in [0, 0.1) is 0 Å². The van der Waals surface area contributed by atoms with E-state index in [0.29, 0.717) is 11.3 Å². The fraction of sp³-hybridized carbons (Fsp3) is 0.480. The van der Waals surface area contributed by atoms with Crippen molar-refractivity contribution < 1.29 is 9.53 Å². The molecule has 1 amide bonds. The maximum atomic E-state index is 11.9. The molecular formula is C25H31N3O2. The van der Waals surface area contributed by atoms with Gasteiger partial charge in [-0.25, -0.2) is 0 Å². The smallest absolute Gasteiger partial charge is 0.253 e. The zero-order valence-corrected chi connectivity index (χ0v) is 17.7. The molecule has 3 N–H and O–H groups in total. The summed E-state index contributed by atoms with van der Waals surface area (Å²) in [4.78, 5) is 14.6. The summed E-state index contributed by atoms with van der Waals surface area (Å²) < 4.78 is 6.62. The van der Waals surface area contributed by atoms with E-state index in [1.165, 1.54) is 37.9 Å². The molecule has 0 radical (unpaired) electrons. The van der Waals surface area contributed by atoms with Gasteiger partial charge in [0.25, 0.3) is 5.91 Å². The number of nitrogens with zero attached hydrogens (tertiary/aromatic N) is 1. The summed E-state index contributed by atoms with van der Waals surface area (Å²) >= 11 is 0. The van der Waals surface area contributed by atoms with Gasteiger partial charge >= 0.3 is 0 Å². The van der Waals surface area contributed by atoms with E-state index in [1.54, 1.807) is 13.1 Å². The number of carbonyl (C=O) groups excluding carboxylic acids is 1. The first-order valence-corrected chi connectivity index (χ1v) is 11.2. The molecule has 2 aromatic rings. The lowest BCUT2D eigenvalue weighted by molar-refractivity contribution is -0.0336. The van der Waals surface area contributed by atoms with Crippen molar-refractivity contribution in [2.24, 2.45) is 0 Å². The number of benzene rings is 2. The molecule has 0 unspecified atom stereocenters. The lowest BCUT2D eigenvalue weighted by atomic mass is 9.81. The molecule has 2 aliphatic heterocycles. The van der Waals surface area contributed by atoms with Crippen LogP contribution in [0.15, 0.2) is 36.4 Å². The highest BCUT2D eigenvalue weighted by Gasteiger charge is 2.41. The van der Waals surface area contributed by atoms with Gasteiger partial charge in [0, 0.05) is 31.9 Å². The van der Waals surface area contributed by atoms with Crippen molar-refractivity contribution in [3.8, 4) is 16.9 Å². The van der Waals surface area contributed by atoms with Gasteiger partial charge in [-0.2, -0.15) is 0 Å². The van der Waals surface area contributed by atoms with Crippen LogP contribution in [0.5, 0.6) is 5.75 Å². The van der Waals surface area contributed by atoms with Crippen LogP contribution in [0.25, 0.3) is 11.1 Å². The molecule has 5 heteroatoms. The molecule has 0 aromatic heterocycles. The monoisotopic (exact) mass is 405 g/mol. The number of fused-ring (bicyclic) bond motifs is 1. The fourth-order valence-electron chi connectivity index (χ4n) is 5.19. The number of hydrogen-bond donors (Lipinski definition) is 2. The number of rotatable bonds is 3. The summed E-state index contributed by atoms with van der Waals surface area (Å²) in [5, 5.41) is 2.63. The molecule has 0 bridgehead atoms. The first-order chi connectivity index (χ1) is 14.6. The van der Waals surface area contributed by atoms with Gasteiger partial charge in [-0.3, -0.25) is 4.79 Å². The number of amides is 1. The second-order valence-electron chi connectivity index (χ2n) is 9.11. The average molecular weight is 406 g/mol. The zero-order valence-electron chi connectivity index (χ0n) is 17.7. The van der Waals surface area contributed by atoms with Crippen molar-refractivity contribution in [3.05, 3.63) is 47.5 Å². The number of nitrogen functional groups attached to an aromatic ring is 1. The number of hydrogen-bond acceptors (Lipinski definition) is 4. The Kier molecular flexibility index (Phi) is 4.94. The van der Waals surface area contributed by atoms with E-state index in [4.69, 9.17) is 10.5 Å². The lowest BCUT2D eigenvalue weighted by Gasteiger charge is -2.48. The third-order valence-electron chi connectivity index (χ3n) is 7.39. The van der Waals surface area contributed by atoms with Crippen LogP contribution in [0.2, 0.25) is 0 Å². The van der Waals surface area contributed by atoms with Gasteiger partial charge < -0.3 is 20.7 Å². The van der Waals surface area contributed by atoms with Crippen molar-refractivity contribution in [2.75, 3.05) is 25.9 Å². The Morgan fingerprint density at radius 3 is 2.50 bits per heavy atom. The molecule has 1 spiro atoms. The summed E-state index contributed by atoms with van der Waals surface area (Å²) in [5.41, 5.74) is 10.6. The Bertz CT molecular complexity index is 959. The van der Waals surface area contributed by atoms with Crippen molar-refractivity contribution in [1.82, 2.24) is 10.2 Å². The van der Waals surface area contributed by atoms with Crippen LogP contribution in [-0.4, -0.2) is 42.6 Å². The number of carbonyl (C=O) groups is 1. The standard InChI is InChI=1S/C25H31N3O2/c1-27-24(29)21-7-5-18(16-22(21)26)17-6-8-23-19(15-17)9-10-25(30-23)11-13-28(14-12-25)20-3-2-4-20/h5-8,15-16,20H,2-4,9-14,26H2,1H3,(H,27,29). The zero-order chi connectivity index (χ0) is 20.7. The molecule has 5 rings (SSSR count). The Hall–Kier alpha value is -2.53. The van der Waals surface area contributed by atoms with Gasteiger partial charge in [0.05, 0.1) is 5.56 Å². The van der Waals surface area contributed by atoms with Gasteiger partial charge in [-0.05, 0) is 79.5 Å². The van der Waals surface area contributed by atoms with Gasteiger partial charge in [0.2, 0.25) is 0 Å². The molecule has 5 nitrogen and oxygen atoms in total. The van der Waals surface area contributed by atoms with E-state index in [0.717, 1.165) is 48.6 Å². The van der Waals surface area contributed by atoms with E-state index in [2.05, 4.69) is 28.4 Å². The van der Waals surface area contributed by atoms with Crippen molar-refractivity contribution in [3.63, 3.8) is 0 Å². The van der Waals surface area contributed by atoms with Crippen LogP contribution >= 0.6 is 0 Å². The van der Waals surface area contributed by atoms with Crippen LogP contribution in [-0.2, 0) is 6.42 Å². The highest BCUT2D eigenvalue weighted by molar-refractivity contribution is 5.99. The third-order valence-corrected chi connectivity index (χ3v) is 7.39. The van der Waals surface area contributed by atoms with Gasteiger partial charge in [-0.15, -0.1) is 0 Å². The predicted molar refractivity (Wildman–Crippen MR) is 120 cm³/mol. The van der Waals surface area contributed by atoms with E-state index >= 15 is 0 Å². The minimum atomic E-state index is -0.161. The van der Waals surface area contributed by atoms with Gasteiger partial charge in [0.15, 0.2) is 0 Å². The molecule has 30 heavy (non-hydrogen) atoms. The number of ether oxygens (including phenoxy) is 1. The van der Waals surface area contributed by atoms with Crippen LogP contribution in [0.1, 0.15) is 54.4 Å². The topological polar surface area (TPSA) is 67.6 Å². The molecule has 2 aromatic carbocycles. The van der Waals surface area contributed by atoms with Crippen molar-refractivity contribution in [2.45, 2.75) is 56.6 Å². The minimum Gasteiger partial charge on any atom is -0.487 e. The molecular weight excluding hydrogens is 374 g/mol. The quantitative estimate of drug-likeness (QED) is 0.757. The summed E-state index contributed by atoms with van der Waals surface area (Å²) in [6, 6.07) is 12.9. The molecule has 0 atom stereocenters. The maximum absolute atomic E-state index is 11.9. The van der Waals surface area contributed by atoms with Crippen molar-refractivity contribution >= 4 is 11.6 Å². The Morgan fingerprint density at radius 2 is 1.83 bits per heavy atom. The Balaban J connectivity index is 1.31. The first-order valence-electron chi connectivity index (χ1n) is 11.2. The highest BCUT2D eigenvalue weighted by Crippen LogP contribution is 2.42. The highest BCUT2D eigenvalue weighted by atomic mass is 16.5. The number of piperidine rings is 1. The maximum Gasteiger partial charge on any atom is 0.253 e. The number of anilines is 1. The number of likely N-dealkylation sites (tertiary alicyclic amines) is 1. The third kappa shape index (κ3) is 3.45. The summed E-state index contributed by atoms with van der Waals surface area (Å²) in [6.45, 7) is 2.35. The summed E-state index contributed by atoms with van der Waals surface area (Å²) in [5.74, 6) is 0.878. The second kappa shape index (κ2) is 7.62. The van der Waals surface area contributed by atoms with E-state index in [1.807, 2.05) is 12.1 Å². The van der Waals surface area contributed by atoms with E-state index in [-0.39, 0.29) is 11.5 Å². The number of nitrogens with one attached hydrogen (secondary N) is 1. The first kappa shape index (κ1) is 19.4. The number of aryl methyl sites for hydroxylation is 1. The molecule has 158 valence electrons. The lowest BCUT2D eigenvalue weighted by Crippen LogP contribution is -2.53. The molecule has 1 saturated carbocycles. The summed E-state index contributed by atoms with van der Waals surface area (Å²) in [7, 11) is 1.61. The predicted octanol–water partition coefficient (Wildman–Crippen LogP) is 4.01. The van der Waals surface area contributed by atoms with Crippen LogP contribution in [0.4, 0.5) is 5.69 Å². The van der Waals surface area contributed by atoms with Gasteiger partial charge in [0.1, 0.15) is 11.4 Å². The minimum absolute atomic E-state index is 0.0222. The SMILES string of the molecule is CNC(=O)c1ccc(-c2ccc3c(c2)CCC2(CCN(C4CCC4)CC2)O3)cc1N. The Labute approximate surface area is 178 Å². The summed E-state index contributed by atoms with van der Waals surface area (Å²) in [6.07, 6.45) is 8.60. The second-order valence-corrected chi connectivity index (χ2v) is 9.11. The molecule has 1 aliphatic carbocycles. The van der Waals surface area contributed by atoms with Crippen LogP contribution in [0.3, 0.4) is 0 Å². The van der Waals surface area contributed by atoms with Gasteiger partial charge in [-0.1, -0.05) is 18.6 Å². The normalized spacial score (nSPS) is 20.8. The molecule has 1 saturated heterocycles. The van der Waals surface area contributed by atoms with E-state index < -0.39 is 0 Å². The molecule has 3 aliphatic rings. The van der Waals surface area contributed by atoms with Crippen LogP contribution < -0.4 is 15.8 Å². The molecule has 2 fully saturated rings. The number of nitrogens with two attached hydrogens (primary N) is 1. The fourth-order valence-corrected chi connectivity index (χ4v) is 5.19. The van der Waals surface area contributed by atoms with E-state index in [9.17, 15) is 4.79 Å². The Morgan fingerprint density at radius 1 is 1.10 bits per heavy atom. The van der Waals surface area contributed by atoms with Crippen molar-refractivity contribution in [1.29, 1.82) is 0 Å². The average Bonchev–Trinajstić information content (AvgIpc) is 2.73. The molecule has 2 heterocycles.